The highest BCUT2D eigenvalue weighted by molar-refractivity contribution is 7.89. The van der Waals surface area contributed by atoms with Gasteiger partial charge in [-0.2, -0.15) is 4.31 Å². The maximum Gasteiger partial charge on any atom is 0.248 e. The summed E-state index contributed by atoms with van der Waals surface area (Å²) in [5.41, 5.74) is -1.02. The third-order valence-electron chi connectivity index (χ3n) is 3.34. The van der Waals surface area contributed by atoms with Crippen LogP contribution >= 0.6 is 0 Å². The number of rotatable bonds is 3. The van der Waals surface area contributed by atoms with Gasteiger partial charge in [0.25, 0.3) is 0 Å². The van der Waals surface area contributed by atoms with Crippen LogP contribution in [-0.2, 0) is 19.6 Å². The van der Waals surface area contributed by atoms with Gasteiger partial charge in [0.2, 0.25) is 21.8 Å². The Hall–Kier alpha value is -2.00. The molecule has 0 bridgehead atoms. The van der Waals surface area contributed by atoms with Crippen molar-refractivity contribution < 1.29 is 18.0 Å². The lowest BCUT2D eigenvalue weighted by Gasteiger charge is -2.38. The van der Waals surface area contributed by atoms with E-state index in [1.807, 2.05) is 0 Å². The van der Waals surface area contributed by atoms with E-state index in [9.17, 15) is 18.0 Å². The maximum atomic E-state index is 12.8. The molecule has 0 spiro atoms. The lowest BCUT2D eigenvalue weighted by molar-refractivity contribution is -0.141. The average molecular weight is 312 g/mol. The van der Waals surface area contributed by atoms with Crippen molar-refractivity contribution in [1.29, 1.82) is 0 Å². The number of carbonyl (C=O) groups excluding carboxylic acids is 2. The van der Waals surface area contributed by atoms with Gasteiger partial charge in [-0.05, 0) is 19.9 Å². The van der Waals surface area contributed by atoms with Crippen molar-refractivity contribution in [3.05, 3.63) is 18.5 Å². The van der Waals surface area contributed by atoms with Gasteiger partial charge in [-0.3, -0.25) is 19.9 Å². The number of anilines is 1. The molecule has 114 valence electrons. The number of nitrogens with zero attached hydrogens (tertiary/aromatic N) is 2. The van der Waals surface area contributed by atoms with Crippen molar-refractivity contribution in [1.82, 2.24) is 14.6 Å². The van der Waals surface area contributed by atoms with Gasteiger partial charge < -0.3 is 5.32 Å². The van der Waals surface area contributed by atoms with Crippen LogP contribution in [0.25, 0.3) is 0 Å². The van der Waals surface area contributed by atoms with E-state index in [-0.39, 0.29) is 4.90 Å². The molecule has 1 saturated heterocycles. The summed E-state index contributed by atoms with van der Waals surface area (Å²) in [6.45, 7) is 2.47. The second-order valence-electron chi connectivity index (χ2n) is 5.07. The molecule has 0 aliphatic carbocycles. The summed E-state index contributed by atoms with van der Waals surface area (Å²) in [7, 11) is -2.47. The van der Waals surface area contributed by atoms with Crippen LogP contribution in [0.3, 0.4) is 0 Å². The summed E-state index contributed by atoms with van der Waals surface area (Å²) in [5.74, 6) is -1.31. The van der Waals surface area contributed by atoms with Crippen molar-refractivity contribution in [3.8, 4) is 0 Å². The van der Waals surface area contributed by atoms with E-state index in [4.69, 9.17) is 0 Å². The molecule has 1 aliphatic heterocycles. The van der Waals surface area contributed by atoms with Gasteiger partial charge in [-0.25, -0.2) is 8.42 Å². The van der Waals surface area contributed by atoms with Gasteiger partial charge in [0, 0.05) is 19.4 Å². The number of imide groups is 1. The summed E-state index contributed by atoms with van der Waals surface area (Å²) in [4.78, 5) is 27.2. The quantitative estimate of drug-likeness (QED) is 0.732. The molecule has 0 unspecified atom stereocenters. The zero-order chi connectivity index (χ0) is 15.8. The molecular formula is C12H16N4O4S. The number of piperazine rings is 1. The zero-order valence-corrected chi connectivity index (χ0v) is 12.7. The Morgan fingerprint density at radius 1 is 1.38 bits per heavy atom. The van der Waals surface area contributed by atoms with Crippen LogP contribution in [0.2, 0.25) is 0 Å². The highest BCUT2D eigenvalue weighted by Gasteiger charge is 2.48. The van der Waals surface area contributed by atoms with Crippen molar-refractivity contribution in [2.24, 2.45) is 0 Å². The molecule has 2 heterocycles. The third kappa shape index (κ3) is 2.49. The van der Waals surface area contributed by atoms with Crippen molar-refractivity contribution in [2.75, 3.05) is 18.9 Å². The lowest BCUT2D eigenvalue weighted by Crippen LogP contribution is -2.65. The molecule has 1 aromatic heterocycles. The fourth-order valence-corrected chi connectivity index (χ4v) is 3.91. The number of sulfonamides is 1. The van der Waals surface area contributed by atoms with Crippen LogP contribution < -0.4 is 10.6 Å². The Kier molecular flexibility index (Phi) is 3.72. The Labute approximate surface area is 122 Å². The smallest absolute Gasteiger partial charge is 0.248 e. The fourth-order valence-electron chi connectivity index (χ4n) is 2.06. The normalized spacial score (nSPS) is 19.2. The largest absolute Gasteiger partial charge is 0.387 e. The molecule has 2 amide bonds. The van der Waals surface area contributed by atoms with E-state index in [0.29, 0.717) is 5.69 Å². The molecule has 21 heavy (non-hydrogen) atoms. The topological polar surface area (TPSA) is 108 Å². The van der Waals surface area contributed by atoms with Gasteiger partial charge >= 0.3 is 0 Å². The van der Waals surface area contributed by atoms with Crippen molar-refractivity contribution in [3.63, 3.8) is 0 Å². The third-order valence-corrected chi connectivity index (χ3v) is 5.39. The SMILES string of the molecule is CNc1ccncc1S(=O)(=O)N1CC(=O)NC(=O)C1(C)C. The number of pyridine rings is 1. The number of carbonyl (C=O) groups is 2. The van der Waals surface area contributed by atoms with E-state index in [0.717, 1.165) is 4.31 Å². The van der Waals surface area contributed by atoms with Crippen LogP contribution in [0, 0.1) is 0 Å². The van der Waals surface area contributed by atoms with Gasteiger partial charge in [0.15, 0.2) is 0 Å². The molecular weight excluding hydrogens is 296 g/mol. The van der Waals surface area contributed by atoms with Crippen molar-refractivity contribution >= 4 is 27.5 Å². The zero-order valence-electron chi connectivity index (χ0n) is 11.9. The monoisotopic (exact) mass is 312 g/mol. The maximum absolute atomic E-state index is 12.8. The molecule has 0 radical (unpaired) electrons. The molecule has 1 aliphatic rings. The van der Waals surface area contributed by atoms with Crippen LogP contribution in [0.4, 0.5) is 5.69 Å². The number of aromatic nitrogens is 1. The highest BCUT2D eigenvalue weighted by atomic mass is 32.2. The molecule has 0 aromatic carbocycles. The van der Waals surface area contributed by atoms with Gasteiger partial charge in [-0.1, -0.05) is 0 Å². The van der Waals surface area contributed by atoms with Crippen molar-refractivity contribution in [2.45, 2.75) is 24.3 Å². The minimum absolute atomic E-state index is 0.0805. The number of hydrogen-bond donors (Lipinski definition) is 2. The van der Waals surface area contributed by atoms with E-state index < -0.39 is 33.9 Å². The summed E-state index contributed by atoms with van der Waals surface area (Å²) < 4.78 is 26.5. The Balaban J connectivity index is 2.57. The lowest BCUT2D eigenvalue weighted by atomic mass is 10.0. The molecule has 2 rings (SSSR count). The predicted molar refractivity (Wildman–Crippen MR) is 74.9 cm³/mol. The van der Waals surface area contributed by atoms with Gasteiger partial charge in [0.1, 0.15) is 10.4 Å². The standard InChI is InChI=1S/C12H16N4O4S/c1-12(2)11(18)15-10(17)7-16(12)21(19,20)9-6-14-5-4-8(9)13-3/h4-6H,7H2,1-3H3,(H,13,14)(H,15,17,18). The van der Waals surface area contributed by atoms with Crippen LogP contribution in [0.5, 0.6) is 0 Å². The molecule has 8 nitrogen and oxygen atoms in total. The van der Waals surface area contributed by atoms with Crippen LogP contribution in [0.15, 0.2) is 23.4 Å². The van der Waals surface area contributed by atoms with Gasteiger partial charge in [0.05, 0.1) is 12.2 Å². The average Bonchev–Trinajstić information content (AvgIpc) is 2.43. The first-order valence-electron chi connectivity index (χ1n) is 6.20. The predicted octanol–water partition coefficient (Wildman–Crippen LogP) is -0.451. The molecule has 0 saturated carbocycles. The molecule has 1 aromatic rings. The summed E-state index contributed by atoms with van der Waals surface area (Å²) in [6, 6.07) is 1.51. The summed E-state index contributed by atoms with van der Waals surface area (Å²) in [5, 5.41) is 4.90. The van der Waals surface area contributed by atoms with E-state index in [2.05, 4.69) is 15.6 Å². The first-order valence-corrected chi connectivity index (χ1v) is 7.64. The highest BCUT2D eigenvalue weighted by Crippen LogP contribution is 2.30. The molecule has 9 heteroatoms. The van der Waals surface area contributed by atoms with Crippen LogP contribution in [-0.4, -0.2) is 48.7 Å². The summed E-state index contributed by atoms with van der Waals surface area (Å²) in [6.07, 6.45) is 2.64. The Bertz CT molecular complexity index is 699. The fraction of sp³-hybridized carbons (Fsp3) is 0.417. The first kappa shape index (κ1) is 15.4. The van der Waals surface area contributed by atoms with E-state index >= 15 is 0 Å². The minimum atomic E-state index is -4.05. The number of hydrogen-bond acceptors (Lipinski definition) is 6. The van der Waals surface area contributed by atoms with Crippen LogP contribution in [0.1, 0.15) is 13.8 Å². The second kappa shape index (κ2) is 5.08. The molecule has 0 atom stereocenters. The number of nitrogens with one attached hydrogen (secondary N) is 2. The molecule has 1 fully saturated rings. The Morgan fingerprint density at radius 2 is 2.05 bits per heavy atom. The second-order valence-corrected chi connectivity index (χ2v) is 6.90. The van der Waals surface area contributed by atoms with Gasteiger partial charge in [-0.15, -0.1) is 0 Å². The summed E-state index contributed by atoms with van der Waals surface area (Å²) >= 11 is 0. The molecule has 2 N–H and O–H groups in total. The van der Waals surface area contributed by atoms with E-state index in [1.54, 1.807) is 7.05 Å². The van der Waals surface area contributed by atoms with E-state index in [1.165, 1.54) is 32.3 Å². The first-order chi connectivity index (χ1) is 9.71. The number of amides is 2. The Morgan fingerprint density at radius 3 is 2.67 bits per heavy atom. The minimum Gasteiger partial charge on any atom is -0.387 e.